The van der Waals surface area contributed by atoms with E-state index in [2.05, 4.69) is 26.1 Å². The minimum Gasteiger partial charge on any atom is -0.493 e. The highest BCUT2D eigenvalue weighted by Crippen LogP contribution is 2.35. The van der Waals surface area contributed by atoms with Gasteiger partial charge in [0.15, 0.2) is 18.1 Å². The minimum atomic E-state index is -0.934. The van der Waals surface area contributed by atoms with E-state index in [1.54, 1.807) is 13.0 Å². The van der Waals surface area contributed by atoms with Gasteiger partial charge in [-0.1, -0.05) is 0 Å². The van der Waals surface area contributed by atoms with Gasteiger partial charge in [-0.25, -0.2) is 4.79 Å². The van der Waals surface area contributed by atoms with E-state index in [-0.39, 0.29) is 42.1 Å². The number of hydrogen-bond acceptors (Lipinski definition) is 10. The van der Waals surface area contributed by atoms with E-state index in [1.165, 1.54) is 24.5 Å². The van der Waals surface area contributed by atoms with Gasteiger partial charge in [0.05, 0.1) is 33.4 Å². The van der Waals surface area contributed by atoms with Gasteiger partial charge in [0, 0.05) is 6.07 Å². The monoisotopic (exact) mass is 483 g/mol. The number of rotatable bonds is 8. The van der Waals surface area contributed by atoms with Gasteiger partial charge in [0.1, 0.15) is 5.56 Å². The predicted molar refractivity (Wildman–Crippen MR) is 105 cm³/mol. The Morgan fingerprint density at radius 1 is 1.31 bits per heavy atom. The van der Waals surface area contributed by atoms with Crippen LogP contribution < -0.4 is 9.47 Å². The maximum absolute atomic E-state index is 12.4. The summed E-state index contributed by atoms with van der Waals surface area (Å²) in [5, 5.41) is 19.1. The Morgan fingerprint density at radius 3 is 2.72 bits per heavy atom. The Balaban J connectivity index is 1.78. The second-order valence-corrected chi connectivity index (χ2v) is 7.85. The molecule has 0 saturated carbocycles. The Hall–Kier alpha value is -2.99. The van der Waals surface area contributed by atoms with Crippen LogP contribution in [-0.2, 0) is 11.3 Å². The van der Waals surface area contributed by atoms with Crippen molar-refractivity contribution in [3.8, 4) is 22.3 Å². The number of methoxy groups -OCH3 is 1. The molecule has 3 aromatic rings. The van der Waals surface area contributed by atoms with Crippen LogP contribution in [0.25, 0.3) is 10.8 Å². The molecule has 0 aliphatic carbocycles. The summed E-state index contributed by atoms with van der Waals surface area (Å²) in [5.74, 6) is -0.273. The first-order chi connectivity index (χ1) is 13.9. The molecule has 0 spiro atoms. The first kappa shape index (κ1) is 20.7. The van der Waals surface area contributed by atoms with Gasteiger partial charge in [0.2, 0.25) is 0 Å². The van der Waals surface area contributed by atoms with Crippen molar-refractivity contribution in [3.05, 3.63) is 49.6 Å². The van der Waals surface area contributed by atoms with Crippen LogP contribution in [0, 0.1) is 10.1 Å². The highest BCUT2D eigenvalue weighted by Gasteiger charge is 2.26. The number of carbonyl (C=O) groups is 1. The normalized spacial score (nSPS) is 10.6. The van der Waals surface area contributed by atoms with Crippen LogP contribution >= 0.6 is 27.3 Å². The number of aromatic nitrogens is 2. The fourth-order valence-corrected chi connectivity index (χ4v) is 3.64. The zero-order valence-electron chi connectivity index (χ0n) is 15.2. The lowest BCUT2D eigenvalue weighted by Gasteiger charge is -2.11. The van der Waals surface area contributed by atoms with Crippen LogP contribution in [0.5, 0.6) is 11.5 Å². The molecule has 2 heterocycles. The number of nitro benzene ring substituents is 1. The van der Waals surface area contributed by atoms with E-state index in [0.29, 0.717) is 0 Å². The molecule has 0 aliphatic rings. The summed E-state index contributed by atoms with van der Waals surface area (Å²) >= 11 is 4.74. The summed E-state index contributed by atoms with van der Waals surface area (Å²) in [5.41, 5.74) is -0.744. The summed E-state index contributed by atoms with van der Waals surface area (Å²) in [4.78, 5) is 23.9. The molecule has 29 heavy (non-hydrogen) atoms. The van der Waals surface area contributed by atoms with Crippen molar-refractivity contribution in [3.63, 3.8) is 0 Å². The average Bonchev–Trinajstić information content (AvgIpc) is 3.34. The molecule has 0 bridgehead atoms. The van der Waals surface area contributed by atoms with Gasteiger partial charge in [-0.3, -0.25) is 10.1 Å². The molecular weight excluding hydrogens is 470 g/mol. The molecule has 0 unspecified atom stereocenters. The van der Waals surface area contributed by atoms with Crippen molar-refractivity contribution in [1.29, 1.82) is 0 Å². The molecule has 0 N–H and O–H groups in total. The largest absolute Gasteiger partial charge is 0.493 e. The van der Waals surface area contributed by atoms with Crippen LogP contribution in [0.15, 0.2) is 32.5 Å². The Morgan fingerprint density at radius 2 is 2.10 bits per heavy atom. The maximum atomic E-state index is 12.4. The molecule has 0 atom stereocenters. The van der Waals surface area contributed by atoms with E-state index in [0.717, 1.165) is 14.7 Å². The van der Waals surface area contributed by atoms with Crippen molar-refractivity contribution >= 4 is 38.9 Å². The Labute approximate surface area is 176 Å². The molecule has 3 rings (SSSR count). The molecule has 0 saturated heterocycles. The topological polar surface area (TPSA) is 127 Å². The van der Waals surface area contributed by atoms with Gasteiger partial charge in [-0.05, 0) is 35.0 Å². The molecule has 0 aliphatic heterocycles. The molecule has 2 aromatic heterocycles. The number of esters is 1. The van der Waals surface area contributed by atoms with Crippen molar-refractivity contribution in [2.45, 2.75) is 13.5 Å². The number of benzene rings is 1. The van der Waals surface area contributed by atoms with Gasteiger partial charge in [0.25, 0.3) is 17.5 Å². The van der Waals surface area contributed by atoms with E-state index in [1.807, 2.05) is 6.07 Å². The van der Waals surface area contributed by atoms with Crippen LogP contribution in [0.4, 0.5) is 5.69 Å². The van der Waals surface area contributed by atoms with Crippen LogP contribution in [0.1, 0.15) is 23.2 Å². The van der Waals surface area contributed by atoms with E-state index < -0.39 is 16.6 Å². The number of ether oxygens (including phenoxy) is 3. The second kappa shape index (κ2) is 9.01. The van der Waals surface area contributed by atoms with Crippen molar-refractivity contribution in [2.24, 2.45) is 0 Å². The maximum Gasteiger partial charge on any atom is 0.345 e. The van der Waals surface area contributed by atoms with Crippen LogP contribution in [0.3, 0.4) is 0 Å². The molecule has 0 radical (unpaired) electrons. The summed E-state index contributed by atoms with van der Waals surface area (Å²) in [6.07, 6.45) is 0. The number of hydrogen-bond donors (Lipinski definition) is 0. The standard InChI is InChI=1S/C17H14BrN3O7S/c1-3-26-12-7-10(21(23)24)9(6-11(12)25-2)17(22)27-8-15-19-20-16(28-15)13-4-5-14(18)29-13/h4-7H,3,8H2,1-2H3. The molecule has 10 nitrogen and oxygen atoms in total. The number of nitro groups is 1. The molecular formula is C17H14BrN3O7S. The number of halogens is 1. The molecule has 12 heteroatoms. The first-order valence-electron chi connectivity index (χ1n) is 8.17. The molecule has 152 valence electrons. The second-order valence-electron chi connectivity index (χ2n) is 5.39. The number of carbonyl (C=O) groups excluding carboxylic acids is 1. The predicted octanol–water partition coefficient (Wildman–Crippen LogP) is 4.23. The Bertz CT molecular complexity index is 1050. The van der Waals surface area contributed by atoms with E-state index in [4.69, 9.17) is 18.6 Å². The van der Waals surface area contributed by atoms with Gasteiger partial charge in [-0.15, -0.1) is 21.5 Å². The third kappa shape index (κ3) is 4.71. The smallest absolute Gasteiger partial charge is 0.345 e. The quantitative estimate of drug-likeness (QED) is 0.262. The lowest BCUT2D eigenvalue weighted by atomic mass is 10.1. The highest BCUT2D eigenvalue weighted by molar-refractivity contribution is 9.11. The van der Waals surface area contributed by atoms with Gasteiger partial charge in [-0.2, -0.15) is 0 Å². The summed E-state index contributed by atoms with van der Waals surface area (Å²) in [6.45, 7) is 1.66. The molecule has 0 fully saturated rings. The third-order valence-corrected chi connectivity index (χ3v) is 5.19. The SMILES string of the molecule is CCOc1cc([N+](=O)[O-])c(C(=O)OCc2nnc(-c3ccc(Br)s3)o2)cc1OC. The van der Waals surface area contributed by atoms with Crippen molar-refractivity contribution in [2.75, 3.05) is 13.7 Å². The minimum absolute atomic E-state index is 0.0541. The van der Waals surface area contributed by atoms with E-state index in [9.17, 15) is 14.9 Å². The zero-order valence-corrected chi connectivity index (χ0v) is 17.6. The van der Waals surface area contributed by atoms with Crippen LogP contribution in [-0.4, -0.2) is 34.8 Å². The van der Waals surface area contributed by atoms with Crippen molar-refractivity contribution < 1.29 is 28.3 Å². The van der Waals surface area contributed by atoms with Crippen molar-refractivity contribution in [1.82, 2.24) is 10.2 Å². The molecule has 1 aromatic carbocycles. The van der Waals surface area contributed by atoms with Crippen LogP contribution in [0.2, 0.25) is 0 Å². The molecule has 0 amide bonds. The summed E-state index contributed by atoms with van der Waals surface area (Å²) in [7, 11) is 1.36. The first-order valence-corrected chi connectivity index (χ1v) is 9.78. The van der Waals surface area contributed by atoms with Gasteiger partial charge >= 0.3 is 5.97 Å². The number of nitrogens with zero attached hydrogens (tertiary/aromatic N) is 3. The van der Waals surface area contributed by atoms with E-state index >= 15 is 0 Å². The number of thiophene rings is 1. The summed E-state index contributed by atoms with van der Waals surface area (Å²) < 4.78 is 21.9. The fraction of sp³-hybridized carbons (Fsp3) is 0.235. The third-order valence-electron chi connectivity index (χ3n) is 3.58. The zero-order chi connectivity index (χ0) is 21.0. The summed E-state index contributed by atoms with van der Waals surface area (Å²) in [6, 6.07) is 5.96. The average molecular weight is 484 g/mol. The lowest BCUT2D eigenvalue weighted by molar-refractivity contribution is -0.385. The highest BCUT2D eigenvalue weighted by atomic mass is 79.9. The fourth-order valence-electron chi connectivity index (χ4n) is 2.34. The lowest BCUT2D eigenvalue weighted by Crippen LogP contribution is -2.10. The van der Waals surface area contributed by atoms with Gasteiger partial charge < -0.3 is 18.6 Å². The Kier molecular flexibility index (Phi) is 6.44.